The van der Waals surface area contributed by atoms with Crippen molar-refractivity contribution in [2.24, 2.45) is 0 Å². The van der Waals surface area contributed by atoms with Gasteiger partial charge in [-0.05, 0) is 43.2 Å². The highest BCUT2D eigenvalue weighted by Crippen LogP contribution is 2.12. The Bertz CT molecular complexity index is 491. The summed E-state index contributed by atoms with van der Waals surface area (Å²) in [5.74, 6) is 0.636. The van der Waals surface area contributed by atoms with Crippen LogP contribution in [-0.2, 0) is 10.5 Å². The molecule has 2 amide bonds. The Morgan fingerprint density at radius 2 is 2.30 bits per heavy atom. The monoisotopic (exact) mass is 292 g/mol. The van der Waals surface area contributed by atoms with Crippen LogP contribution in [0.3, 0.4) is 0 Å². The zero-order valence-corrected chi connectivity index (χ0v) is 12.5. The van der Waals surface area contributed by atoms with Crippen LogP contribution in [0.1, 0.15) is 35.2 Å². The Balaban J connectivity index is 2.03. The largest absolute Gasteiger partial charge is 0.354 e. The molecule has 1 unspecified atom stereocenters. The highest BCUT2D eigenvalue weighted by Gasteiger charge is 2.22. The molecule has 0 bridgehead atoms. The molecule has 20 heavy (non-hydrogen) atoms. The van der Waals surface area contributed by atoms with Crippen LogP contribution in [0.4, 0.5) is 0 Å². The first-order valence-electron chi connectivity index (χ1n) is 6.87. The smallest absolute Gasteiger partial charge is 0.251 e. The van der Waals surface area contributed by atoms with Crippen LogP contribution in [0.25, 0.3) is 0 Å². The standard InChI is InChI=1S/C15H20N2O2S/c1-20-10-11-5-4-6-12(9-11)14(18)17-13-7-2-3-8-16-15(13)19/h4-6,9,13H,2-3,7-8,10H2,1H3,(H,16,19)(H,17,18). The van der Waals surface area contributed by atoms with E-state index in [0.29, 0.717) is 18.5 Å². The first-order valence-corrected chi connectivity index (χ1v) is 8.26. The molecule has 2 rings (SSSR count). The molecule has 0 spiro atoms. The summed E-state index contributed by atoms with van der Waals surface area (Å²) < 4.78 is 0. The predicted octanol–water partition coefficient (Wildman–Crippen LogP) is 1.95. The van der Waals surface area contributed by atoms with Crippen molar-refractivity contribution in [1.82, 2.24) is 10.6 Å². The van der Waals surface area contributed by atoms with Crippen LogP contribution in [-0.4, -0.2) is 30.7 Å². The summed E-state index contributed by atoms with van der Waals surface area (Å²) in [6, 6.07) is 7.15. The molecule has 2 N–H and O–H groups in total. The topological polar surface area (TPSA) is 58.2 Å². The molecule has 1 aromatic carbocycles. The van der Waals surface area contributed by atoms with E-state index in [2.05, 4.69) is 10.6 Å². The van der Waals surface area contributed by atoms with Gasteiger partial charge in [0.15, 0.2) is 0 Å². The summed E-state index contributed by atoms with van der Waals surface area (Å²) in [4.78, 5) is 24.1. The van der Waals surface area contributed by atoms with Crippen LogP contribution in [0, 0.1) is 0 Å². The van der Waals surface area contributed by atoms with Crippen LogP contribution in [0.15, 0.2) is 24.3 Å². The molecule has 1 aliphatic rings. The van der Waals surface area contributed by atoms with Gasteiger partial charge in [0.25, 0.3) is 5.91 Å². The van der Waals surface area contributed by atoms with Gasteiger partial charge in [0.1, 0.15) is 6.04 Å². The van der Waals surface area contributed by atoms with Gasteiger partial charge in [-0.1, -0.05) is 12.1 Å². The second-order valence-corrected chi connectivity index (χ2v) is 5.81. The number of benzene rings is 1. The van der Waals surface area contributed by atoms with E-state index in [1.165, 1.54) is 0 Å². The molecule has 1 atom stereocenters. The highest BCUT2D eigenvalue weighted by molar-refractivity contribution is 7.97. The van der Waals surface area contributed by atoms with E-state index in [1.807, 2.05) is 24.5 Å². The molecule has 0 aliphatic carbocycles. The molecular formula is C15H20N2O2S. The van der Waals surface area contributed by atoms with Crippen molar-refractivity contribution in [3.05, 3.63) is 35.4 Å². The minimum atomic E-state index is -0.408. The van der Waals surface area contributed by atoms with Crippen molar-refractivity contribution >= 4 is 23.6 Å². The van der Waals surface area contributed by atoms with Crippen molar-refractivity contribution in [1.29, 1.82) is 0 Å². The molecule has 0 saturated carbocycles. The number of rotatable bonds is 4. The van der Waals surface area contributed by atoms with Crippen LogP contribution < -0.4 is 10.6 Å². The molecule has 1 aromatic rings. The molecule has 108 valence electrons. The Labute approximate surface area is 123 Å². The van der Waals surface area contributed by atoms with Crippen molar-refractivity contribution in [2.75, 3.05) is 12.8 Å². The van der Waals surface area contributed by atoms with E-state index in [4.69, 9.17) is 0 Å². The van der Waals surface area contributed by atoms with Crippen molar-refractivity contribution in [3.63, 3.8) is 0 Å². The molecule has 1 saturated heterocycles. The van der Waals surface area contributed by atoms with E-state index in [-0.39, 0.29) is 11.8 Å². The number of carbonyl (C=O) groups excluding carboxylic acids is 2. The van der Waals surface area contributed by atoms with Gasteiger partial charge in [-0.3, -0.25) is 9.59 Å². The quantitative estimate of drug-likeness (QED) is 0.892. The summed E-state index contributed by atoms with van der Waals surface area (Å²) in [5, 5.41) is 5.66. The van der Waals surface area contributed by atoms with Crippen molar-refractivity contribution < 1.29 is 9.59 Å². The fourth-order valence-corrected chi connectivity index (χ4v) is 2.80. The lowest BCUT2D eigenvalue weighted by Crippen LogP contribution is -2.45. The zero-order chi connectivity index (χ0) is 14.4. The number of nitrogens with one attached hydrogen (secondary N) is 2. The fourth-order valence-electron chi connectivity index (χ4n) is 2.29. The minimum absolute atomic E-state index is 0.0730. The van der Waals surface area contributed by atoms with Gasteiger partial charge in [0.2, 0.25) is 5.91 Å². The summed E-state index contributed by atoms with van der Waals surface area (Å²) in [7, 11) is 0. The lowest BCUT2D eigenvalue weighted by atomic mass is 10.1. The fraction of sp³-hybridized carbons (Fsp3) is 0.467. The molecule has 1 fully saturated rings. The number of carbonyl (C=O) groups is 2. The molecular weight excluding hydrogens is 272 g/mol. The van der Waals surface area contributed by atoms with E-state index in [1.54, 1.807) is 17.8 Å². The third-order valence-electron chi connectivity index (χ3n) is 3.34. The molecule has 0 radical (unpaired) electrons. The molecule has 0 aromatic heterocycles. The van der Waals surface area contributed by atoms with Crippen LogP contribution in [0.5, 0.6) is 0 Å². The predicted molar refractivity (Wildman–Crippen MR) is 81.8 cm³/mol. The number of hydrogen-bond acceptors (Lipinski definition) is 3. The van der Waals surface area contributed by atoms with E-state index < -0.39 is 6.04 Å². The second kappa shape index (κ2) is 7.33. The average Bonchev–Trinajstić information content (AvgIpc) is 2.65. The number of amides is 2. The van der Waals surface area contributed by atoms with Gasteiger partial charge in [-0.15, -0.1) is 0 Å². The zero-order valence-electron chi connectivity index (χ0n) is 11.6. The second-order valence-electron chi connectivity index (χ2n) is 4.95. The van der Waals surface area contributed by atoms with E-state index in [0.717, 1.165) is 24.2 Å². The van der Waals surface area contributed by atoms with Crippen molar-refractivity contribution in [3.8, 4) is 0 Å². The van der Waals surface area contributed by atoms with Crippen molar-refractivity contribution in [2.45, 2.75) is 31.1 Å². The maximum Gasteiger partial charge on any atom is 0.251 e. The van der Waals surface area contributed by atoms with Gasteiger partial charge in [-0.2, -0.15) is 11.8 Å². The highest BCUT2D eigenvalue weighted by atomic mass is 32.2. The van der Waals surface area contributed by atoms with Gasteiger partial charge in [-0.25, -0.2) is 0 Å². The van der Waals surface area contributed by atoms with Crippen LogP contribution in [0.2, 0.25) is 0 Å². The number of hydrogen-bond donors (Lipinski definition) is 2. The average molecular weight is 292 g/mol. The maximum atomic E-state index is 12.2. The maximum absolute atomic E-state index is 12.2. The Morgan fingerprint density at radius 1 is 1.45 bits per heavy atom. The molecule has 4 nitrogen and oxygen atoms in total. The Kier molecular flexibility index (Phi) is 5.47. The molecule has 1 aliphatic heterocycles. The van der Waals surface area contributed by atoms with E-state index >= 15 is 0 Å². The lowest BCUT2D eigenvalue weighted by Gasteiger charge is -2.15. The van der Waals surface area contributed by atoms with Gasteiger partial charge in [0, 0.05) is 17.9 Å². The van der Waals surface area contributed by atoms with Gasteiger partial charge >= 0.3 is 0 Å². The normalized spacial score (nSPS) is 19.1. The SMILES string of the molecule is CSCc1cccc(C(=O)NC2CCCCNC2=O)c1. The van der Waals surface area contributed by atoms with E-state index in [9.17, 15) is 9.59 Å². The van der Waals surface area contributed by atoms with Gasteiger partial charge < -0.3 is 10.6 Å². The Morgan fingerprint density at radius 3 is 3.10 bits per heavy atom. The first-order chi connectivity index (χ1) is 9.70. The lowest BCUT2D eigenvalue weighted by molar-refractivity contribution is -0.122. The summed E-state index contributed by atoms with van der Waals surface area (Å²) in [6.45, 7) is 0.703. The number of thioether (sulfide) groups is 1. The first kappa shape index (κ1) is 14.9. The molecule has 5 heteroatoms. The summed E-state index contributed by atoms with van der Waals surface area (Å²) in [6.07, 6.45) is 4.67. The third-order valence-corrected chi connectivity index (χ3v) is 3.96. The molecule has 1 heterocycles. The summed E-state index contributed by atoms with van der Waals surface area (Å²) >= 11 is 1.72. The minimum Gasteiger partial charge on any atom is -0.354 e. The van der Waals surface area contributed by atoms with Crippen LogP contribution >= 0.6 is 11.8 Å². The van der Waals surface area contributed by atoms with Gasteiger partial charge in [0.05, 0.1) is 0 Å². The third kappa shape index (κ3) is 4.00. The summed E-state index contributed by atoms with van der Waals surface area (Å²) in [5.41, 5.74) is 1.74. The Hall–Kier alpha value is -1.49.